The van der Waals surface area contributed by atoms with Crippen LogP contribution in [0, 0.1) is 0 Å². The second-order valence-corrected chi connectivity index (χ2v) is 3.63. The Bertz CT molecular complexity index is 275. The van der Waals surface area contributed by atoms with E-state index in [4.69, 9.17) is 0 Å². The lowest BCUT2D eigenvalue weighted by molar-refractivity contribution is 0.440. The zero-order chi connectivity index (χ0) is 9.80. The Labute approximate surface area is 109 Å². The molecule has 0 saturated carbocycles. The van der Waals surface area contributed by atoms with Crippen molar-refractivity contribution < 1.29 is 0 Å². The number of nitrogens with one attached hydrogen (secondary N) is 1. The first-order chi connectivity index (χ1) is 6.90. The fraction of sp³-hybridized carbons (Fsp3) is 0.600. The largest absolute Gasteiger partial charge is 0.355 e. The molecule has 0 radical (unpaired) electrons. The summed E-state index contributed by atoms with van der Waals surface area (Å²) in [4.78, 5) is 2.29. The van der Waals surface area contributed by atoms with Gasteiger partial charge < -0.3 is 10.2 Å². The first-order valence-electron chi connectivity index (χ1n) is 5.10. The topological polar surface area (TPSA) is 41.0 Å². The highest BCUT2D eigenvalue weighted by molar-refractivity contribution is 5.85. The van der Waals surface area contributed by atoms with E-state index >= 15 is 0 Å². The third-order valence-electron chi connectivity index (χ3n) is 2.79. The van der Waals surface area contributed by atoms with E-state index in [0.717, 1.165) is 18.9 Å². The number of rotatable bonds is 2. The van der Waals surface area contributed by atoms with E-state index in [1.165, 1.54) is 12.8 Å². The number of aromatic nitrogens is 2. The molecule has 0 amide bonds. The molecule has 0 atom stereocenters. The van der Waals surface area contributed by atoms with Gasteiger partial charge in [0.1, 0.15) is 0 Å². The molecular formula is C10H18Cl2N4. The Morgan fingerprint density at radius 3 is 2.50 bits per heavy atom. The number of piperidine rings is 1. The van der Waals surface area contributed by atoms with Gasteiger partial charge in [0.05, 0.1) is 0 Å². The van der Waals surface area contributed by atoms with E-state index < -0.39 is 0 Å². The van der Waals surface area contributed by atoms with Crippen molar-refractivity contribution in [2.75, 3.05) is 25.0 Å². The van der Waals surface area contributed by atoms with Crippen LogP contribution in [0.2, 0.25) is 0 Å². The smallest absolute Gasteiger partial charge is 0.151 e. The summed E-state index contributed by atoms with van der Waals surface area (Å²) in [7, 11) is 2.03. The van der Waals surface area contributed by atoms with E-state index in [0.29, 0.717) is 6.04 Å². The van der Waals surface area contributed by atoms with Gasteiger partial charge in [-0.2, -0.15) is 5.10 Å². The van der Waals surface area contributed by atoms with Crippen molar-refractivity contribution in [3.05, 3.63) is 18.3 Å². The summed E-state index contributed by atoms with van der Waals surface area (Å²) in [6, 6.07) is 4.63. The molecule has 1 fully saturated rings. The van der Waals surface area contributed by atoms with Gasteiger partial charge in [0.2, 0.25) is 0 Å². The van der Waals surface area contributed by atoms with Crippen LogP contribution in [0.5, 0.6) is 0 Å². The average Bonchev–Trinajstić information content (AvgIpc) is 2.30. The van der Waals surface area contributed by atoms with Crippen molar-refractivity contribution >= 4 is 30.6 Å². The van der Waals surface area contributed by atoms with Crippen LogP contribution >= 0.6 is 24.8 Å². The molecule has 16 heavy (non-hydrogen) atoms. The number of halogens is 2. The van der Waals surface area contributed by atoms with E-state index in [-0.39, 0.29) is 24.8 Å². The summed E-state index contributed by atoms with van der Waals surface area (Å²) in [6.45, 7) is 2.15. The van der Waals surface area contributed by atoms with Gasteiger partial charge in [-0.05, 0) is 32.0 Å². The molecule has 92 valence electrons. The van der Waals surface area contributed by atoms with Gasteiger partial charge in [-0.1, -0.05) is 0 Å². The number of nitrogens with zero attached hydrogens (tertiary/aromatic N) is 3. The van der Waals surface area contributed by atoms with E-state index in [1.807, 2.05) is 19.2 Å². The summed E-state index contributed by atoms with van der Waals surface area (Å²) < 4.78 is 0. The summed E-state index contributed by atoms with van der Waals surface area (Å²) in [5.74, 6) is 1.00. The van der Waals surface area contributed by atoms with E-state index in [2.05, 4.69) is 20.4 Å². The van der Waals surface area contributed by atoms with Crippen LogP contribution in [0.4, 0.5) is 5.82 Å². The van der Waals surface area contributed by atoms with Gasteiger partial charge in [0, 0.05) is 25.3 Å². The van der Waals surface area contributed by atoms with Gasteiger partial charge in [-0.25, -0.2) is 0 Å². The maximum Gasteiger partial charge on any atom is 0.151 e. The van der Waals surface area contributed by atoms with Gasteiger partial charge in [0.25, 0.3) is 0 Å². The molecule has 1 aromatic rings. The standard InChI is InChI=1S/C10H16N4.2ClH/c1-11-9-4-7-14(8-5-9)10-3-2-6-12-13-10;;/h2-3,6,9,11H,4-5,7-8H2,1H3;2*1H. The molecule has 4 nitrogen and oxygen atoms in total. The lowest BCUT2D eigenvalue weighted by Crippen LogP contribution is -2.41. The van der Waals surface area contributed by atoms with Crippen LogP contribution < -0.4 is 10.2 Å². The van der Waals surface area contributed by atoms with Crippen LogP contribution in [-0.4, -0.2) is 36.4 Å². The third-order valence-corrected chi connectivity index (χ3v) is 2.79. The van der Waals surface area contributed by atoms with Crippen LogP contribution in [0.25, 0.3) is 0 Å². The van der Waals surface area contributed by atoms with E-state index in [9.17, 15) is 0 Å². The molecule has 1 aromatic heterocycles. The van der Waals surface area contributed by atoms with Crippen molar-refractivity contribution in [1.82, 2.24) is 15.5 Å². The highest BCUT2D eigenvalue weighted by Gasteiger charge is 2.18. The molecular weight excluding hydrogens is 247 g/mol. The normalized spacial score (nSPS) is 16.2. The molecule has 0 unspecified atom stereocenters. The monoisotopic (exact) mass is 264 g/mol. The minimum Gasteiger partial charge on any atom is -0.355 e. The first kappa shape index (κ1) is 15.4. The minimum absolute atomic E-state index is 0. The van der Waals surface area contributed by atoms with Crippen molar-refractivity contribution in [1.29, 1.82) is 0 Å². The summed E-state index contributed by atoms with van der Waals surface area (Å²) >= 11 is 0. The Balaban J connectivity index is 0.00000112. The third kappa shape index (κ3) is 3.77. The molecule has 2 heterocycles. The quantitative estimate of drug-likeness (QED) is 0.880. The predicted molar refractivity (Wildman–Crippen MR) is 70.8 cm³/mol. The highest BCUT2D eigenvalue weighted by Crippen LogP contribution is 2.16. The van der Waals surface area contributed by atoms with Crippen LogP contribution in [0.3, 0.4) is 0 Å². The van der Waals surface area contributed by atoms with Crippen molar-refractivity contribution in [2.24, 2.45) is 0 Å². The van der Waals surface area contributed by atoms with Crippen molar-refractivity contribution in [3.8, 4) is 0 Å². The van der Waals surface area contributed by atoms with E-state index in [1.54, 1.807) is 6.20 Å². The molecule has 1 saturated heterocycles. The number of hydrogen-bond donors (Lipinski definition) is 1. The zero-order valence-corrected chi connectivity index (χ0v) is 10.9. The first-order valence-corrected chi connectivity index (χ1v) is 5.10. The summed E-state index contributed by atoms with van der Waals surface area (Å²) in [5, 5.41) is 11.3. The summed E-state index contributed by atoms with van der Waals surface area (Å²) in [5.41, 5.74) is 0. The second kappa shape index (κ2) is 7.65. The SMILES string of the molecule is CNC1CCN(c2cccnn2)CC1.Cl.Cl. The summed E-state index contributed by atoms with van der Waals surface area (Å²) in [6.07, 6.45) is 4.09. The van der Waals surface area contributed by atoms with Crippen LogP contribution in [-0.2, 0) is 0 Å². The molecule has 0 aromatic carbocycles. The predicted octanol–water partition coefficient (Wildman–Crippen LogP) is 1.51. The lowest BCUT2D eigenvalue weighted by Gasteiger charge is -2.32. The fourth-order valence-corrected chi connectivity index (χ4v) is 1.86. The molecule has 2 rings (SSSR count). The molecule has 1 aliphatic rings. The van der Waals surface area contributed by atoms with Gasteiger partial charge in [-0.15, -0.1) is 29.9 Å². The van der Waals surface area contributed by atoms with Gasteiger partial charge in [-0.3, -0.25) is 0 Å². The molecule has 0 aliphatic carbocycles. The zero-order valence-electron chi connectivity index (χ0n) is 9.30. The fourth-order valence-electron chi connectivity index (χ4n) is 1.86. The van der Waals surface area contributed by atoms with Crippen LogP contribution in [0.15, 0.2) is 18.3 Å². The molecule has 0 bridgehead atoms. The lowest BCUT2D eigenvalue weighted by atomic mass is 10.1. The Hall–Kier alpha value is -0.580. The highest BCUT2D eigenvalue weighted by atomic mass is 35.5. The maximum atomic E-state index is 4.11. The van der Waals surface area contributed by atoms with Gasteiger partial charge in [0.15, 0.2) is 5.82 Å². The Morgan fingerprint density at radius 2 is 2.00 bits per heavy atom. The van der Waals surface area contributed by atoms with Crippen LogP contribution in [0.1, 0.15) is 12.8 Å². The number of anilines is 1. The molecule has 1 aliphatic heterocycles. The molecule has 6 heteroatoms. The van der Waals surface area contributed by atoms with Gasteiger partial charge >= 0.3 is 0 Å². The minimum atomic E-state index is 0. The van der Waals surface area contributed by atoms with Crippen molar-refractivity contribution in [3.63, 3.8) is 0 Å². The molecule has 0 spiro atoms. The average molecular weight is 265 g/mol. The second-order valence-electron chi connectivity index (χ2n) is 3.63. The maximum absolute atomic E-state index is 4.11. The Morgan fingerprint density at radius 1 is 1.31 bits per heavy atom. The van der Waals surface area contributed by atoms with Crippen molar-refractivity contribution in [2.45, 2.75) is 18.9 Å². The Kier molecular flexibility index (Phi) is 7.38. The number of hydrogen-bond acceptors (Lipinski definition) is 4. The molecule has 1 N–H and O–H groups in total.